The summed E-state index contributed by atoms with van der Waals surface area (Å²) in [5.41, 5.74) is 1.21. The number of pyridine rings is 1. The molecular weight excluding hydrogens is 487 g/mol. The van der Waals surface area contributed by atoms with Gasteiger partial charge in [-0.2, -0.15) is 0 Å². The molecule has 0 aliphatic carbocycles. The molecule has 1 aliphatic rings. The van der Waals surface area contributed by atoms with Gasteiger partial charge in [0, 0.05) is 31.0 Å². The van der Waals surface area contributed by atoms with Crippen LogP contribution in [0, 0.1) is 5.82 Å². The number of amides is 2. The SMILES string of the molecule is C/C=C1\Cn2cc(C(=O)NCc3ccc(F)cc3)c(=O)c(O)c2C(=O)N1CC[C@H](Cc1ccccc1)NC. The summed E-state index contributed by atoms with van der Waals surface area (Å²) in [4.78, 5) is 40.7. The summed E-state index contributed by atoms with van der Waals surface area (Å²) < 4.78 is 14.6. The van der Waals surface area contributed by atoms with E-state index in [1.54, 1.807) is 4.90 Å². The number of carbonyl (C=O) groups excluding carboxylic acids is 2. The number of allylic oxidation sites excluding steroid dienone is 2. The van der Waals surface area contributed by atoms with E-state index in [-0.39, 0.29) is 30.4 Å². The second-order valence-electron chi connectivity index (χ2n) is 9.21. The zero-order valence-corrected chi connectivity index (χ0v) is 21.4. The van der Waals surface area contributed by atoms with Crippen LogP contribution < -0.4 is 16.1 Å². The van der Waals surface area contributed by atoms with Crippen LogP contribution in [0.5, 0.6) is 5.75 Å². The van der Waals surface area contributed by atoms with Gasteiger partial charge in [-0.3, -0.25) is 14.4 Å². The average molecular weight is 519 g/mol. The smallest absolute Gasteiger partial charge is 0.278 e. The summed E-state index contributed by atoms with van der Waals surface area (Å²) in [6.45, 7) is 2.50. The lowest BCUT2D eigenvalue weighted by Gasteiger charge is -2.34. The molecule has 1 atom stereocenters. The van der Waals surface area contributed by atoms with Gasteiger partial charge in [0.25, 0.3) is 11.8 Å². The van der Waals surface area contributed by atoms with Crippen LogP contribution in [-0.2, 0) is 19.5 Å². The molecular formula is C29H31FN4O4. The Labute approximate surface area is 220 Å². The standard InChI is InChI=1S/C29H31FN4O4/c1-3-23-17-33-18-24(28(37)32-16-20-9-11-21(30)12-10-20)26(35)27(36)25(33)29(38)34(23)14-13-22(31-2)15-19-7-5-4-6-8-19/h3-12,18,22,31,36H,13-17H2,1-2H3,(H,32,37)/b23-3+/t22-/m1/s1. The molecule has 9 heteroatoms. The van der Waals surface area contributed by atoms with Gasteiger partial charge in [-0.15, -0.1) is 0 Å². The number of likely N-dealkylation sites (N-methyl/N-ethyl adjacent to an activating group) is 1. The van der Waals surface area contributed by atoms with Crippen molar-refractivity contribution in [2.24, 2.45) is 0 Å². The van der Waals surface area contributed by atoms with Crippen molar-refractivity contribution in [2.75, 3.05) is 13.6 Å². The number of benzene rings is 2. The molecule has 3 aromatic rings. The molecule has 4 rings (SSSR count). The fraction of sp³-hybridized carbons (Fsp3) is 0.276. The molecule has 0 saturated carbocycles. The normalized spacial score (nSPS) is 14.9. The van der Waals surface area contributed by atoms with Gasteiger partial charge in [-0.1, -0.05) is 48.5 Å². The fourth-order valence-electron chi connectivity index (χ4n) is 4.58. The molecule has 0 fully saturated rings. The molecule has 2 heterocycles. The highest BCUT2D eigenvalue weighted by Crippen LogP contribution is 2.26. The van der Waals surface area contributed by atoms with Crippen molar-refractivity contribution in [3.8, 4) is 5.75 Å². The second-order valence-corrected chi connectivity index (χ2v) is 9.21. The van der Waals surface area contributed by atoms with E-state index in [2.05, 4.69) is 22.8 Å². The lowest BCUT2D eigenvalue weighted by Crippen LogP contribution is -2.43. The molecule has 2 aromatic carbocycles. The van der Waals surface area contributed by atoms with Crippen LogP contribution in [-0.4, -0.2) is 46.0 Å². The molecule has 2 amide bonds. The molecule has 0 bridgehead atoms. The predicted molar refractivity (Wildman–Crippen MR) is 142 cm³/mol. The van der Waals surface area contributed by atoms with Crippen molar-refractivity contribution in [3.63, 3.8) is 0 Å². The van der Waals surface area contributed by atoms with Gasteiger partial charge < -0.3 is 25.2 Å². The van der Waals surface area contributed by atoms with Crippen molar-refractivity contribution < 1.29 is 19.1 Å². The number of aromatic nitrogens is 1. The number of carbonyl (C=O) groups is 2. The van der Waals surface area contributed by atoms with E-state index in [0.29, 0.717) is 24.2 Å². The molecule has 1 aliphatic heterocycles. The Balaban J connectivity index is 1.52. The molecule has 38 heavy (non-hydrogen) atoms. The first-order chi connectivity index (χ1) is 18.3. The maximum absolute atomic E-state index is 13.5. The summed E-state index contributed by atoms with van der Waals surface area (Å²) in [5, 5.41) is 16.6. The van der Waals surface area contributed by atoms with Gasteiger partial charge >= 0.3 is 0 Å². The van der Waals surface area contributed by atoms with Crippen LogP contribution in [0.4, 0.5) is 4.39 Å². The quantitative estimate of drug-likeness (QED) is 0.404. The Bertz CT molecular complexity index is 1400. The molecule has 0 radical (unpaired) electrons. The first-order valence-electron chi connectivity index (χ1n) is 12.5. The Kier molecular flexibility index (Phi) is 8.38. The topological polar surface area (TPSA) is 104 Å². The van der Waals surface area contributed by atoms with Crippen LogP contribution in [0.15, 0.2) is 77.4 Å². The monoisotopic (exact) mass is 518 g/mol. The Morgan fingerprint density at radius 1 is 1.11 bits per heavy atom. The largest absolute Gasteiger partial charge is 0.503 e. The number of fused-ring (bicyclic) bond motifs is 1. The van der Waals surface area contributed by atoms with Crippen molar-refractivity contribution in [1.82, 2.24) is 20.1 Å². The highest BCUT2D eigenvalue weighted by Gasteiger charge is 2.33. The number of rotatable bonds is 9. The predicted octanol–water partition coefficient (Wildman–Crippen LogP) is 3.20. The van der Waals surface area contributed by atoms with Crippen LogP contribution in [0.2, 0.25) is 0 Å². The van der Waals surface area contributed by atoms with E-state index in [4.69, 9.17) is 0 Å². The van der Waals surface area contributed by atoms with Gasteiger partial charge in [0.2, 0.25) is 5.43 Å². The summed E-state index contributed by atoms with van der Waals surface area (Å²) >= 11 is 0. The maximum Gasteiger partial charge on any atom is 0.278 e. The third-order valence-corrected chi connectivity index (χ3v) is 6.76. The van der Waals surface area contributed by atoms with E-state index < -0.39 is 28.8 Å². The minimum absolute atomic E-state index is 0.0729. The van der Waals surface area contributed by atoms with E-state index in [0.717, 1.165) is 6.42 Å². The van der Waals surface area contributed by atoms with Crippen molar-refractivity contribution >= 4 is 11.8 Å². The Hall–Kier alpha value is -4.24. The number of hydrogen-bond donors (Lipinski definition) is 3. The molecule has 198 valence electrons. The highest BCUT2D eigenvalue weighted by molar-refractivity contribution is 5.99. The van der Waals surface area contributed by atoms with Crippen molar-refractivity contribution in [1.29, 1.82) is 0 Å². The number of nitrogens with one attached hydrogen (secondary N) is 2. The summed E-state index contributed by atoms with van der Waals surface area (Å²) in [7, 11) is 1.88. The summed E-state index contributed by atoms with van der Waals surface area (Å²) in [6, 6.07) is 15.8. The van der Waals surface area contributed by atoms with Crippen LogP contribution >= 0.6 is 0 Å². The molecule has 0 spiro atoms. The second kappa shape index (κ2) is 11.9. The van der Waals surface area contributed by atoms with Crippen LogP contribution in [0.25, 0.3) is 0 Å². The highest BCUT2D eigenvalue weighted by atomic mass is 19.1. The van der Waals surface area contributed by atoms with Gasteiger partial charge in [-0.05, 0) is 50.1 Å². The number of halogens is 1. The average Bonchev–Trinajstić information content (AvgIpc) is 2.93. The summed E-state index contributed by atoms with van der Waals surface area (Å²) in [6.07, 6.45) is 4.57. The maximum atomic E-state index is 13.5. The Morgan fingerprint density at radius 2 is 1.82 bits per heavy atom. The zero-order chi connectivity index (χ0) is 27.2. The summed E-state index contributed by atoms with van der Waals surface area (Å²) in [5.74, 6) is -2.33. The molecule has 0 saturated heterocycles. The van der Waals surface area contributed by atoms with E-state index in [1.165, 1.54) is 40.6 Å². The molecule has 0 unspecified atom stereocenters. The zero-order valence-electron chi connectivity index (χ0n) is 21.4. The van der Waals surface area contributed by atoms with Gasteiger partial charge in [-0.25, -0.2) is 4.39 Å². The molecule has 1 aromatic heterocycles. The molecule has 3 N–H and O–H groups in total. The van der Waals surface area contributed by atoms with Gasteiger partial charge in [0.05, 0.1) is 6.54 Å². The van der Waals surface area contributed by atoms with Gasteiger partial charge in [0.1, 0.15) is 11.4 Å². The first-order valence-corrected chi connectivity index (χ1v) is 12.5. The van der Waals surface area contributed by atoms with Gasteiger partial charge in [0.15, 0.2) is 11.4 Å². The van der Waals surface area contributed by atoms with Crippen LogP contribution in [0.1, 0.15) is 45.3 Å². The Morgan fingerprint density at radius 3 is 2.47 bits per heavy atom. The van der Waals surface area contributed by atoms with Crippen LogP contribution in [0.3, 0.4) is 0 Å². The van der Waals surface area contributed by atoms with E-state index in [9.17, 15) is 23.9 Å². The van der Waals surface area contributed by atoms with E-state index in [1.807, 2.05) is 38.2 Å². The third-order valence-electron chi connectivity index (χ3n) is 6.76. The van der Waals surface area contributed by atoms with Crippen molar-refractivity contribution in [2.45, 2.75) is 38.9 Å². The number of hydrogen-bond acceptors (Lipinski definition) is 5. The lowest BCUT2D eigenvalue weighted by atomic mass is 10.0. The van der Waals surface area contributed by atoms with E-state index >= 15 is 0 Å². The van der Waals surface area contributed by atoms with Crippen molar-refractivity contribution in [3.05, 3.63) is 111 Å². The minimum Gasteiger partial charge on any atom is -0.503 e. The molecule has 8 nitrogen and oxygen atoms in total. The fourth-order valence-corrected chi connectivity index (χ4v) is 4.58. The first kappa shape index (κ1) is 26.8. The number of nitrogens with zero attached hydrogens (tertiary/aromatic N) is 2. The third kappa shape index (κ3) is 5.84. The lowest BCUT2D eigenvalue weighted by molar-refractivity contribution is 0.0751. The number of aromatic hydroxyl groups is 1. The minimum atomic E-state index is -0.915.